The van der Waals surface area contributed by atoms with Crippen LogP contribution < -0.4 is 0 Å². The number of rotatable bonds is 2. The Morgan fingerprint density at radius 2 is 2.07 bits per heavy atom. The molecule has 1 aliphatic rings. The van der Waals surface area contributed by atoms with Gasteiger partial charge in [-0.1, -0.05) is 12.1 Å². The van der Waals surface area contributed by atoms with Crippen LogP contribution >= 0.6 is 0 Å². The van der Waals surface area contributed by atoms with Crippen LogP contribution in [0.25, 0.3) is 0 Å². The zero-order valence-corrected chi connectivity index (χ0v) is 7.49. The van der Waals surface area contributed by atoms with Crippen LogP contribution in [0, 0.1) is 0 Å². The lowest BCUT2D eigenvalue weighted by atomic mass is 10.1. The standard InChI is InChI=1S/C10H7F3O2/c11-10(12,13)7-3-1-2-6(4-7)9-8(5-14)15-9/h1-5,8-9H/t8-,9+/m1/s1. The van der Waals surface area contributed by atoms with E-state index in [4.69, 9.17) is 4.74 Å². The molecule has 0 spiro atoms. The first-order valence-electron chi connectivity index (χ1n) is 4.30. The van der Waals surface area contributed by atoms with Gasteiger partial charge in [-0.15, -0.1) is 0 Å². The average molecular weight is 216 g/mol. The molecule has 0 radical (unpaired) electrons. The molecule has 1 aromatic carbocycles. The molecule has 0 saturated carbocycles. The Bertz CT molecular complexity index is 386. The SMILES string of the molecule is O=C[C@H]1O[C@H]1c1cccc(C(F)(F)F)c1. The van der Waals surface area contributed by atoms with Crippen LogP contribution in [0.2, 0.25) is 0 Å². The van der Waals surface area contributed by atoms with Gasteiger partial charge < -0.3 is 9.53 Å². The lowest BCUT2D eigenvalue weighted by Crippen LogP contribution is -2.05. The molecule has 2 nitrogen and oxygen atoms in total. The minimum absolute atomic E-state index is 0.391. The summed E-state index contributed by atoms with van der Waals surface area (Å²) >= 11 is 0. The molecule has 80 valence electrons. The van der Waals surface area contributed by atoms with Gasteiger partial charge in [0.15, 0.2) is 6.29 Å². The minimum Gasteiger partial charge on any atom is -0.357 e. The van der Waals surface area contributed by atoms with Crippen molar-refractivity contribution in [2.75, 3.05) is 0 Å². The lowest BCUT2D eigenvalue weighted by molar-refractivity contribution is -0.137. The monoisotopic (exact) mass is 216 g/mol. The lowest BCUT2D eigenvalue weighted by Gasteiger charge is -2.07. The molecule has 2 rings (SSSR count). The van der Waals surface area contributed by atoms with Crippen molar-refractivity contribution in [2.45, 2.75) is 18.4 Å². The van der Waals surface area contributed by atoms with Crippen molar-refractivity contribution < 1.29 is 22.7 Å². The number of hydrogen-bond acceptors (Lipinski definition) is 2. The van der Waals surface area contributed by atoms with Crippen LogP contribution in [-0.4, -0.2) is 12.4 Å². The molecule has 2 atom stereocenters. The van der Waals surface area contributed by atoms with E-state index in [9.17, 15) is 18.0 Å². The number of carbonyl (C=O) groups is 1. The van der Waals surface area contributed by atoms with E-state index in [-0.39, 0.29) is 0 Å². The summed E-state index contributed by atoms with van der Waals surface area (Å²) in [6, 6.07) is 4.82. The van der Waals surface area contributed by atoms with Crippen LogP contribution in [0.4, 0.5) is 13.2 Å². The van der Waals surface area contributed by atoms with Crippen LogP contribution in [0.1, 0.15) is 17.2 Å². The third kappa shape index (κ3) is 2.02. The maximum absolute atomic E-state index is 12.3. The molecule has 5 heteroatoms. The topological polar surface area (TPSA) is 29.6 Å². The van der Waals surface area contributed by atoms with Gasteiger partial charge in [-0.25, -0.2) is 0 Å². The molecular weight excluding hydrogens is 209 g/mol. The van der Waals surface area contributed by atoms with Crippen molar-refractivity contribution in [3.63, 3.8) is 0 Å². The molecule has 1 aliphatic heterocycles. The van der Waals surface area contributed by atoms with E-state index in [1.54, 1.807) is 0 Å². The first-order chi connectivity index (χ1) is 7.02. The summed E-state index contributed by atoms with van der Waals surface area (Å²) in [5, 5.41) is 0. The second-order valence-corrected chi connectivity index (χ2v) is 3.28. The quantitative estimate of drug-likeness (QED) is 0.561. The molecule has 1 saturated heterocycles. The molecule has 0 aromatic heterocycles. The van der Waals surface area contributed by atoms with E-state index in [0.717, 1.165) is 12.1 Å². The predicted molar refractivity (Wildman–Crippen MR) is 45.1 cm³/mol. The van der Waals surface area contributed by atoms with E-state index in [1.165, 1.54) is 12.1 Å². The van der Waals surface area contributed by atoms with Crippen molar-refractivity contribution in [1.29, 1.82) is 0 Å². The van der Waals surface area contributed by atoms with E-state index in [2.05, 4.69) is 0 Å². The highest BCUT2D eigenvalue weighted by Gasteiger charge is 2.41. The van der Waals surface area contributed by atoms with Gasteiger partial charge in [0.2, 0.25) is 0 Å². The molecule has 1 fully saturated rings. The van der Waals surface area contributed by atoms with E-state index in [0.29, 0.717) is 11.8 Å². The molecule has 0 bridgehead atoms. The fraction of sp³-hybridized carbons (Fsp3) is 0.300. The highest BCUT2D eigenvalue weighted by Crippen LogP contribution is 2.39. The number of alkyl halides is 3. The number of halogens is 3. The van der Waals surface area contributed by atoms with Crippen LogP contribution in [0.15, 0.2) is 24.3 Å². The van der Waals surface area contributed by atoms with Crippen LogP contribution in [-0.2, 0) is 15.7 Å². The predicted octanol–water partition coefficient (Wildman–Crippen LogP) is 2.34. The van der Waals surface area contributed by atoms with Gasteiger partial charge in [0.25, 0.3) is 0 Å². The summed E-state index contributed by atoms with van der Waals surface area (Å²) in [5.41, 5.74) is -0.331. The van der Waals surface area contributed by atoms with Gasteiger partial charge >= 0.3 is 6.18 Å². The van der Waals surface area contributed by atoms with E-state index >= 15 is 0 Å². The normalized spacial score (nSPS) is 25.0. The van der Waals surface area contributed by atoms with Crippen LogP contribution in [0.3, 0.4) is 0 Å². The van der Waals surface area contributed by atoms with Gasteiger partial charge in [0, 0.05) is 0 Å². The number of aldehydes is 1. The number of benzene rings is 1. The third-order valence-electron chi connectivity index (χ3n) is 2.20. The zero-order chi connectivity index (χ0) is 11.1. The summed E-state index contributed by atoms with van der Waals surface area (Å²) in [6.45, 7) is 0. The summed E-state index contributed by atoms with van der Waals surface area (Å²) in [5.74, 6) is 0. The largest absolute Gasteiger partial charge is 0.416 e. The zero-order valence-electron chi connectivity index (χ0n) is 7.49. The molecule has 0 amide bonds. The molecule has 1 heterocycles. The molecule has 0 N–H and O–H groups in total. The van der Waals surface area contributed by atoms with Crippen molar-refractivity contribution in [1.82, 2.24) is 0 Å². The Balaban J connectivity index is 2.24. The second kappa shape index (κ2) is 3.34. The maximum Gasteiger partial charge on any atom is 0.416 e. The van der Waals surface area contributed by atoms with Crippen molar-refractivity contribution in [2.24, 2.45) is 0 Å². The Morgan fingerprint density at radius 1 is 1.33 bits per heavy atom. The summed E-state index contributed by atoms with van der Waals surface area (Å²) < 4.78 is 41.8. The number of hydrogen-bond donors (Lipinski definition) is 0. The Labute approximate surface area is 83.7 Å². The van der Waals surface area contributed by atoms with Crippen molar-refractivity contribution in [3.8, 4) is 0 Å². The van der Waals surface area contributed by atoms with Gasteiger partial charge in [0.05, 0.1) is 5.56 Å². The number of carbonyl (C=O) groups excluding carboxylic acids is 1. The summed E-state index contributed by atoms with van der Waals surface area (Å²) in [4.78, 5) is 10.3. The van der Waals surface area contributed by atoms with E-state index < -0.39 is 23.9 Å². The number of ether oxygens (including phenoxy) is 1. The van der Waals surface area contributed by atoms with Gasteiger partial charge in [0.1, 0.15) is 12.2 Å². The molecule has 1 aromatic rings. The highest BCUT2D eigenvalue weighted by atomic mass is 19.4. The summed E-state index contributed by atoms with van der Waals surface area (Å²) in [6.07, 6.45) is -4.87. The molecule has 0 unspecified atom stereocenters. The van der Waals surface area contributed by atoms with Gasteiger partial charge in [-0.2, -0.15) is 13.2 Å². The smallest absolute Gasteiger partial charge is 0.357 e. The Kier molecular flexibility index (Phi) is 2.26. The Morgan fingerprint density at radius 3 is 2.60 bits per heavy atom. The summed E-state index contributed by atoms with van der Waals surface area (Å²) in [7, 11) is 0. The van der Waals surface area contributed by atoms with E-state index in [1.807, 2.05) is 0 Å². The van der Waals surface area contributed by atoms with Gasteiger partial charge in [-0.3, -0.25) is 0 Å². The fourth-order valence-electron chi connectivity index (χ4n) is 1.39. The first-order valence-corrected chi connectivity index (χ1v) is 4.30. The average Bonchev–Trinajstić information content (AvgIpc) is 2.95. The minimum atomic E-state index is -4.36. The van der Waals surface area contributed by atoms with Gasteiger partial charge in [-0.05, 0) is 17.7 Å². The van der Waals surface area contributed by atoms with Crippen molar-refractivity contribution >= 4 is 6.29 Å². The highest BCUT2D eigenvalue weighted by molar-refractivity contribution is 5.61. The second-order valence-electron chi connectivity index (χ2n) is 3.28. The molecular formula is C10H7F3O2. The molecule has 15 heavy (non-hydrogen) atoms. The Hall–Kier alpha value is -1.36. The molecule has 0 aliphatic carbocycles. The fourth-order valence-corrected chi connectivity index (χ4v) is 1.39. The third-order valence-corrected chi connectivity index (χ3v) is 2.20. The van der Waals surface area contributed by atoms with Crippen molar-refractivity contribution in [3.05, 3.63) is 35.4 Å². The van der Waals surface area contributed by atoms with Crippen LogP contribution in [0.5, 0.6) is 0 Å². The maximum atomic E-state index is 12.3. The number of epoxide rings is 1. The first kappa shape index (κ1) is 10.2.